The van der Waals surface area contributed by atoms with Crippen LogP contribution in [0.4, 0.5) is 11.6 Å². The van der Waals surface area contributed by atoms with Crippen molar-refractivity contribution in [1.29, 1.82) is 0 Å². The Morgan fingerprint density at radius 3 is 2.78 bits per heavy atom. The average Bonchev–Trinajstić information content (AvgIpc) is 3.08. The molecule has 0 aromatic carbocycles. The molecule has 0 bridgehead atoms. The highest BCUT2D eigenvalue weighted by molar-refractivity contribution is 5.77. The largest absolute Gasteiger partial charge is 0.383 e. The van der Waals surface area contributed by atoms with Crippen LogP contribution in [0.3, 0.4) is 0 Å². The third kappa shape index (κ3) is 3.32. The number of nitrogens with zero attached hydrogens (tertiary/aromatic N) is 2. The van der Waals surface area contributed by atoms with Crippen LogP contribution in [0.25, 0.3) is 0 Å². The Kier molecular flexibility index (Phi) is 3.64. The van der Waals surface area contributed by atoms with Crippen molar-refractivity contribution >= 4 is 17.5 Å². The second-order valence-corrected chi connectivity index (χ2v) is 4.65. The SMILES string of the molecule is Cc1nc(N)c(C)c(NCCC(=O)NC2CC2)n1. The lowest BCUT2D eigenvalue weighted by atomic mass is 10.3. The van der Waals surface area contributed by atoms with Gasteiger partial charge in [-0.25, -0.2) is 9.97 Å². The van der Waals surface area contributed by atoms with E-state index in [1.807, 2.05) is 6.92 Å². The molecule has 0 atom stereocenters. The molecule has 1 amide bonds. The zero-order chi connectivity index (χ0) is 13.1. The first kappa shape index (κ1) is 12.6. The monoisotopic (exact) mass is 249 g/mol. The van der Waals surface area contributed by atoms with Gasteiger partial charge in [-0.1, -0.05) is 0 Å². The highest BCUT2D eigenvalue weighted by Crippen LogP contribution is 2.19. The number of nitrogens with two attached hydrogens (primary N) is 1. The predicted molar refractivity (Wildman–Crippen MR) is 70.2 cm³/mol. The van der Waals surface area contributed by atoms with Crippen LogP contribution in [-0.4, -0.2) is 28.5 Å². The van der Waals surface area contributed by atoms with Crippen molar-refractivity contribution in [3.8, 4) is 0 Å². The first-order valence-corrected chi connectivity index (χ1v) is 6.20. The molecular formula is C12H19N5O. The molecule has 18 heavy (non-hydrogen) atoms. The number of hydrogen-bond acceptors (Lipinski definition) is 5. The Morgan fingerprint density at radius 2 is 2.11 bits per heavy atom. The Labute approximate surface area is 106 Å². The molecule has 0 unspecified atom stereocenters. The number of rotatable bonds is 5. The highest BCUT2D eigenvalue weighted by Gasteiger charge is 2.22. The summed E-state index contributed by atoms with van der Waals surface area (Å²) in [6, 6.07) is 0.413. The summed E-state index contributed by atoms with van der Waals surface area (Å²) < 4.78 is 0. The number of hydrogen-bond donors (Lipinski definition) is 3. The fourth-order valence-electron chi connectivity index (χ4n) is 1.64. The Bertz CT molecular complexity index is 456. The zero-order valence-corrected chi connectivity index (χ0v) is 10.8. The van der Waals surface area contributed by atoms with Crippen molar-refractivity contribution in [2.75, 3.05) is 17.6 Å². The van der Waals surface area contributed by atoms with Gasteiger partial charge in [-0.05, 0) is 26.7 Å². The third-order valence-corrected chi connectivity index (χ3v) is 2.88. The van der Waals surface area contributed by atoms with Crippen molar-refractivity contribution < 1.29 is 4.79 Å². The van der Waals surface area contributed by atoms with Crippen LogP contribution in [0.15, 0.2) is 0 Å². The molecule has 1 aromatic rings. The quantitative estimate of drug-likeness (QED) is 0.716. The third-order valence-electron chi connectivity index (χ3n) is 2.88. The van der Waals surface area contributed by atoms with E-state index in [4.69, 9.17) is 5.73 Å². The first-order chi connectivity index (χ1) is 8.56. The summed E-state index contributed by atoms with van der Waals surface area (Å²) in [6.45, 7) is 4.21. The van der Waals surface area contributed by atoms with Gasteiger partial charge in [0.1, 0.15) is 17.5 Å². The molecule has 2 rings (SSSR count). The molecular weight excluding hydrogens is 230 g/mol. The number of carbonyl (C=O) groups excluding carboxylic acids is 1. The molecule has 6 nitrogen and oxygen atoms in total. The molecule has 1 fully saturated rings. The molecule has 4 N–H and O–H groups in total. The number of nitrogen functional groups attached to an aromatic ring is 1. The lowest BCUT2D eigenvalue weighted by Gasteiger charge is -2.10. The summed E-state index contributed by atoms with van der Waals surface area (Å²) in [6.07, 6.45) is 2.67. The summed E-state index contributed by atoms with van der Waals surface area (Å²) in [7, 11) is 0. The molecule has 1 saturated carbocycles. The lowest BCUT2D eigenvalue weighted by Crippen LogP contribution is -2.27. The smallest absolute Gasteiger partial charge is 0.221 e. The molecule has 1 aliphatic rings. The van der Waals surface area contributed by atoms with Gasteiger partial charge in [0.05, 0.1) is 0 Å². The highest BCUT2D eigenvalue weighted by atomic mass is 16.1. The molecule has 1 aromatic heterocycles. The van der Waals surface area contributed by atoms with Crippen molar-refractivity contribution in [1.82, 2.24) is 15.3 Å². The van der Waals surface area contributed by atoms with Gasteiger partial charge in [0.2, 0.25) is 5.91 Å². The Hall–Kier alpha value is -1.85. The number of carbonyl (C=O) groups is 1. The average molecular weight is 249 g/mol. The summed E-state index contributed by atoms with van der Waals surface area (Å²) in [4.78, 5) is 19.8. The molecule has 0 saturated heterocycles. The van der Waals surface area contributed by atoms with Crippen molar-refractivity contribution in [3.05, 3.63) is 11.4 Å². The van der Waals surface area contributed by atoms with Gasteiger partial charge < -0.3 is 16.4 Å². The van der Waals surface area contributed by atoms with Crippen LogP contribution in [0.2, 0.25) is 0 Å². The van der Waals surface area contributed by atoms with E-state index in [1.54, 1.807) is 6.92 Å². The topological polar surface area (TPSA) is 92.9 Å². The van der Waals surface area contributed by atoms with E-state index in [0.29, 0.717) is 36.5 Å². The normalized spacial score (nSPS) is 14.3. The van der Waals surface area contributed by atoms with E-state index >= 15 is 0 Å². The van der Waals surface area contributed by atoms with Gasteiger partial charge in [-0.2, -0.15) is 0 Å². The van der Waals surface area contributed by atoms with Gasteiger partial charge in [-0.15, -0.1) is 0 Å². The predicted octanol–water partition coefficient (Wildman–Crippen LogP) is 0.756. The number of aryl methyl sites for hydroxylation is 1. The molecule has 0 spiro atoms. The van der Waals surface area contributed by atoms with Gasteiger partial charge in [0.15, 0.2) is 0 Å². The van der Waals surface area contributed by atoms with Gasteiger partial charge >= 0.3 is 0 Å². The number of aromatic nitrogens is 2. The zero-order valence-electron chi connectivity index (χ0n) is 10.8. The van der Waals surface area contributed by atoms with Crippen LogP contribution in [0.5, 0.6) is 0 Å². The summed E-state index contributed by atoms with van der Waals surface area (Å²) in [5, 5.41) is 6.07. The van der Waals surface area contributed by atoms with Crippen LogP contribution in [-0.2, 0) is 4.79 Å². The molecule has 6 heteroatoms. The van der Waals surface area contributed by atoms with Crippen LogP contribution in [0.1, 0.15) is 30.7 Å². The van der Waals surface area contributed by atoms with Crippen molar-refractivity contribution in [2.24, 2.45) is 0 Å². The van der Waals surface area contributed by atoms with E-state index in [2.05, 4.69) is 20.6 Å². The van der Waals surface area contributed by atoms with Crippen molar-refractivity contribution in [3.63, 3.8) is 0 Å². The van der Waals surface area contributed by atoms with E-state index in [-0.39, 0.29) is 5.91 Å². The Balaban J connectivity index is 1.83. The Morgan fingerprint density at radius 1 is 1.39 bits per heavy atom. The minimum atomic E-state index is 0.0846. The molecule has 1 heterocycles. The maximum Gasteiger partial charge on any atom is 0.221 e. The summed E-state index contributed by atoms with van der Waals surface area (Å²) in [5.74, 6) is 1.90. The minimum absolute atomic E-state index is 0.0846. The molecule has 0 aliphatic heterocycles. The van der Waals surface area contributed by atoms with Gasteiger partial charge in [-0.3, -0.25) is 4.79 Å². The lowest BCUT2D eigenvalue weighted by molar-refractivity contribution is -0.120. The molecule has 1 aliphatic carbocycles. The van der Waals surface area contributed by atoms with Gasteiger partial charge in [0, 0.05) is 24.6 Å². The number of anilines is 2. The minimum Gasteiger partial charge on any atom is -0.383 e. The maximum absolute atomic E-state index is 11.5. The van der Waals surface area contributed by atoms with E-state index in [9.17, 15) is 4.79 Å². The molecule has 98 valence electrons. The summed E-state index contributed by atoms with van der Waals surface area (Å²) in [5.41, 5.74) is 6.58. The second-order valence-electron chi connectivity index (χ2n) is 4.65. The van der Waals surface area contributed by atoms with Crippen LogP contribution in [0, 0.1) is 13.8 Å². The van der Waals surface area contributed by atoms with Crippen molar-refractivity contribution in [2.45, 2.75) is 39.2 Å². The standard InChI is InChI=1S/C12H19N5O/c1-7-11(13)15-8(2)16-12(7)14-6-5-10(18)17-9-3-4-9/h9H,3-6H2,1-2H3,(H,17,18)(H3,13,14,15,16). The molecule has 0 radical (unpaired) electrons. The van der Waals surface area contributed by atoms with Crippen LogP contribution >= 0.6 is 0 Å². The van der Waals surface area contributed by atoms with Gasteiger partial charge in [0.25, 0.3) is 0 Å². The number of amides is 1. The van der Waals surface area contributed by atoms with E-state index in [0.717, 1.165) is 18.4 Å². The second kappa shape index (κ2) is 5.20. The fraction of sp³-hybridized carbons (Fsp3) is 0.583. The van der Waals surface area contributed by atoms with E-state index < -0.39 is 0 Å². The van der Waals surface area contributed by atoms with E-state index in [1.165, 1.54) is 0 Å². The fourth-order valence-corrected chi connectivity index (χ4v) is 1.64. The number of nitrogens with one attached hydrogen (secondary N) is 2. The maximum atomic E-state index is 11.5. The summed E-state index contributed by atoms with van der Waals surface area (Å²) >= 11 is 0. The first-order valence-electron chi connectivity index (χ1n) is 6.20. The van der Waals surface area contributed by atoms with Crippen LogP contribution < -0.4 is 16.4 Å².